The van der Waals surface area contributed by atoms with Crippen LogP contribution in [0.15, 0.2) is 29.3 Å². The molecule has 1 aromatic carbocycles. The van der Waals surface area contributed by atoms with E-state index in [1.165, 1.54) is 37.8 Å². The largest absolute Gasteiger partial charge is 0.496 e. The fraction of sp³-hybridized carbons (Fsp3) is 0.682. The van der Waals surface area contributed by atoms with Crippen LogP contribution in [-0.4, -0.2) is 75.2 Å². The van der Waals surface area contributed by atoms with E-state index in [4.69, 9.17) is 9.73 Å². The Labute approximate surface area is 170 Å². The van der Waals surface area contributed by atoms with Crippen molar-refractivity contribution in [1.82, 2.24) is 20.4 Å². The molecule has 2 fully saturated rings. The second-order valence-electron chi connectivity index (χ2n) is 7.88. The van der Waals surface area contributed by atoms with E-state index in [1.54, 1.807) is 7.11 Å². The van der Waals surface area contributed by atoms with Crippen LogP contribution in [0.5, 0.6) is 5.75 Å². The molecule has 0 amide bonds. The summed E-state index contributed by atoms with van der Waals surface area (Å²) in [6.07, 6.45) is 5.09. The molecular weight excluding hydrogens is 350 g/mol. The van der Waals surface area contributed by atoms with Gasteiger partial charge in [-0.3, -0.25) is 9.89 Å². The first kappa shape index (κ1) is 20.9. The quantitative estimate of drug-likeness (QED) is 0.530. The van der Waals surface area contributed by atoms with Gasteiger partial charge in [0.15, 0.2) is 5.96 Å². The zero-order valence-corrected chi connectivity index (χ0v) is 17.8. The van der Waals surface area contributed by atoms with Crippen molar-refractivity contribution in [2.45, 2.75) is 44.7 Å². The molecule has 0 saturated carbocycles. The molecule has 0 aromatic heterocycles. The third kappa shape index (κ3) is 5.39. The van der Waals surface area contributed by atoms with Gasteiger partial charge in [-0.15, -0.1) is 0 Å². The Bertz CT molecular complexity index is 629. The van der Waals surface area contributed by atoms with Crippen LogP contribution in [0.3, 0.4) is 0 Å². The standard InChI is InChI=1S/C22H37N5O/c1-4-23-22(24-16-18-10-9-13-26(18)2)25-17-20(27-14-7-8-15-27)19-11-5-6-12-21(19)28-3/h5-6,11-12,18,20H,4,7-10,13-17H2,1-3H3,(H2,23,24,25). The Hall–Kier alpha value is -1.79. The number of methoxy groups -OCH3 is 1. The second kappa shape index (κ2) is 10.7. The highest BCUT2D eigenvalue weighted by Crippen LogP contribution is 2.31. The molecular formula is C22H37N5O. The fourth-order valence-electron chi connectivity index (χ4n) is 4.38. The smallest absolute Gasteiger partial charge is 0.191 e. The van der Waals surface area contributed by atoms with Gasteiger partial charge in [0.1, 0.15) is 5.75 Å². The van der Waals surface area contributed by atoms with Crippen LogP contribution in [0.25, 0.3) is 0 Å². The van der Waals surface area contributed by atoms with Crippen molar-refractivity contribution in [3.05, 3.63) is 29.8 Å². The van der Waals surface area contributed by atoms with Crippen molar-refractivity contribution in [1.29, 1.82) is 0 Å². The number of aliphatic imine (C=N–C) groups is 1. The van der Waals surface area contributed by atoms with Crippen molar-refractivity contribution in [2.24, 2.45) is 4.99 Å². The number of benzene rings is 1. The number of hydrogen-bond acceptors (Lipinski definition) is 4. The first-order valence-electron chi connectivity index (χ1n) is 10.8. The Morgan fingerprint density at radius 3 is 2.64 bits per heavy atom. The predicted octanol–water partition coefficient (Wildman–Crippen LogP) is 2.48. The maximum Gasteiger partial charge on any atom is 0.191 e. The predicted molar refractivity (Wildman–Crippen MR) is 116 cm³/mol. The number of likely N-dealkylation sites (tertiary alicyclic amines) is 2. The van der Waals surface area contributed by atoms with Crippen LogP contribution in [0.4, 0.5) is 0 Å². The summed E-state index contributed by atoms with van der Waals surface area (Å²) in [6.45, 7) is 8.14. The lowest BCUT2D eigenvalue weighted by molar-refractivity contribution is 0.245. The minimum Gasteiger partial charge on any atom is -0.496 e. The van der Waals surface area contributed by atoms with Crippen LogP contribution < -0.4 is 15.4 Å². The average Bonchev–Trinajstić information content (AvgIpc) is 3.38. The first-order chi connectivity index (χ1) is 13.7. The van der Waals surface area contributed by atoms with Crippen molar-refractivity contribution in [2.75, 3.05) is 53.4 Å². The summed E-state index contributed by atoms with van der Waals surface area (Å²) in [6, 6.07) is 9.24. The van der Waals surface area contributed by atoms with Gasteiger partial charge in [-0.25, -0.2) is 0 Å². The molecule has 2 aliphatic rings. The van der Waals surface area contributed by atoms with Gasteiger partial charge in [-0.05, 0) is 65.4 Å². The highest BCUT2D eigenvalue weighted by Gasteiger charge is 2.26. The molecule has 0 spiro atoms. The summed E-state index contributed by atoms with van der Waals surface area (Å²) in [4.78, 5) is 9.97. The minimum atomic E-state index is 0.253. The summed E-state index contributed by atoms with van der Waals surface area (Å²) in [5.41, 5.74) is 1.24. The SMILES string of the molecule is CCNC(=NCC(c1ccccc1OC)N1CCCC1)NCC1CCCN1C. The van der Waals surface area contributed by atoms with Crippen molar-refractivity contribution < 1.29 is 4.74 Å². The Balaban J connectivity index is 1.71. The van der Waals surface area contributed by atoms with E-state index in [-0.39, 0.29) is 6.04 Å². The molecule has 2 heterocycles. The van der Waals surface area contributed by atoms with Crippen LogP contribution in [0.2, 0.25) is 0 Å². The number of hydrogen-bond donors (Lipinski definition) is 2. The maximum absolute atomic E-state index is 5.66. The van der Waals surface area contributed by atoms with Gasteiger partial charge in [0, 0.05) is 24.7 Å². The van der Waals surface area contributed by atoms with E-state index in [9.17, 15) is 0 Å². The number of nitrogens with one attached hydrogen (secondary N) is 2. The van der Waals surface area contributed by atoms with Gasteiger partial charge in [0.05, 0.1) is 19.7 Å². The van der Waals surface area contributed by atoms with E-state index in [0.29, 0.717) is 6.04 Å². The topological polar surface area (TPSA) is 52.1 Å². The lowest BCUT2D eigenvalue weighted by atomic mass is 10.0. The van der Waals surface area contributed by atoms with Crippen molar-refractivity contribution in [3.63, 3.8) is 0 Å². The lowest BCUT2D eigenvalue weighted by Gasteiger charge is -2.28. The molecule has 0 aliphatic carbocycles. The maximum atomic E-state index is 5.66. The van der Waals surface area contributed by atoms with Crippen LogP contribution in [0, 0.1) is 0 Å². The van der Waals surface area contributed by atoms with E-state index in [1.807, 2.05) is 6.07 Å². The third-order valence-electron chi connectivity index (χ3n) is 6.02. The van der Waals surface area contributed by atoms with Gasteiger partial charge >= 0.3 is 0 Å². The normalized spacial score (nSPS) is 22.4. The molecule has 2 unspecified atom stereocenters. The highest BCUT2D eigenvalue weighted by molar-refractivity contribution is 5.79. The monoisotopic (exact) mass is 387 g/mol. The molecule has 0 bridgehead atoms. The average molecular weight is 388 g/mol. The number of likely N-dealkylation sites (N-methyl/N-ethyl adjacent to an activating group) is 1. The van der Waals surface area contributed by atoms with E-state index in [0.717, 1.165) is 44.4 Å². The number of rotatable bonds is 8. The summed E-state index contributed by atoms with van der Waals surface area (Å²) in [5.74, 6) is 1.88. The zero-order valence-electron chi connectivity index (χ0n) is 17.8. The third-order valence-corrected chi connectivity index (χ3v) is 6.02. The minimum absolute atomic E-state index is 0.253. The lowest BCUT2D eigenvalue weighted by Crippen LogP contribution is -2.44. The Kier molecular flexibility index (Phi) is 7.98. The second-order valence-corrected chi connectivity index (χ2v) is 7.88. The highest BCUT2D eigenvalue weighted by atomic mass is 16.5. The summed E-state index contributed by atoms with van der Waals surface area (Å²) in [5, 5.41) is 6.98. The van der Waals surface area contributed by atoms with Crippen LogP contribution >= 0.6 is 0 Å². The summed E-state index contributed by atoms with van der Waals surface area (Å²) in [7, 11) is 3.97. The summed E-state index contributed by atoms with van der Waals surface area (Å²) < 4.78 is 5.66. The van der Waals surface area contributed by atoms with E-state index in [2.05, 4.69) is 52.6 Å². The number of para-hydroxylation sites is 1. The molecule has 6 heteroatoms. The molecule has 2 saturated heterocycles. The summed E-state index contributed by atoms with van der Waals surface area (Å²) >= 11 is 0. The molecule has 28 heavy (non-hydrogen) atoms. The van der Waals surface area contributed by atoms with Gasteiger partial charge < -0.3 is 20.3 Å². The number of ether oxygens (including phenoxy) is 1. The molecule has 2 aliphatic heterocycles. The van der Waals surface area contributed by atoms with E-state index < -0.39 is 0 Å². The fourth-order valence-corrected chi connectivity index (χ4v) is 4.38. The van der Waals surface area contributed by atoms with Crippen LogP contribution in [-0.2, 0) is 0 Å². The van der Waals surface area contributed by atoms with Gasteiger partial charge in [-0.2, -0.15) is 0 Å². The van der Waals surface area contributed by atoms with Gasteiger partial charge in [0.25, 0.3) is 0 Å². The number of guanidine groups is 1. The van der Waals surface area contributed by atoms with E-state index >= 15 is 0 Å². The molecule has 2 N–H and O–H groups in total. The van der Waals surface area contributed by atoms with Crippen molar-refractivity contribution >= 4 is 5.96 Å². The number of nitrogens with zero attached hydrogens (tertiary/aromatic N) is 3. The Morgan fingerprint density at radius 1 is 1.18 bits per heavy atom. The Morgan fingerprint density at radius 2 is 1.96 bits per heavy atom. The van der Waals surface area contributed by atoms with Crippen LogP contribution in [0.1, 0.15) is 44.2 Å². The molecule has 3 rings (SSSR count). The zero-order chi connectivity index (χ0) is 19.8. The van der Waals surface area contributed by atoms with Crippen molar-refractivity contribution in [3.8, 4) is 5.75 Å². The van der Waals surface area contributed by atoms with Gasteiger partial charge in [-0.1, -0.05) is 18.2 Å². The molecule has 0 radical (unpaired) electrons. The first-order valence-corrected chi connectivity index (χ1v) is 10.8. The molecule has 6 nitrogen and oxygen atoms in total. The molecule has 156 valence electrons. The molecule has 1 aromatic rings. The molecule has 2 atom stereocenters. The van der Waals surface area contributed by atoms with Gasteiger partial charge in [0.2, 0.25) is 0 Å².